The van der Waals surface area contributed by atoms with Crippen LogP contribution in [-0.2, 0) is 7.05 Å². The molecule has 1 aromatic carbocycles. The number of nitrogens with one attached hydrogen (secondary N) is 1. The molecule has 0 aliphatic heterocycles. The monoisotopic (exact) mass is 338 g/mol. The van der Waals surface area contributed by atoms with Crippen LogP contribution in [0, 0.1) is 6.92 Å². The number of nitrogens with zero attached hydrogens (tertiary/aromatic N) is 5. The lowest BCUT2D eigenvalue weighted by atomic mass is 10.2. The van der Waals surface area contributed by atoms with Crippen LogP contribution in [0.25, 0.3) is 15.9 Å². The van der Waals surface area contributed by atoms with E-state index in [4.69, 9.17) is 0 Å². The van der Waals surface area contributed by atoms with E-state index >= 15 is 0 Å². The third-order valence-corrected chi connectivity index (χ3v) is 4.93. The molecule has 0 saturated heterocycles. The quantitative estimate of drug-likeness (QED) is 0.623. The summed E-state index contributed by atoms with van der Waals surface area (Å²) in [6, 6.07) is 9.33. The second kappa shape index (κ2) is 5.57. The van der Waals surface area contributed by atoms with Gasteiger partial charge in [0.05, 0.1) is 16.3 Å². The van der Waals surface area contributed by atoms with Crippen molar-refractivity contribution in [1.29, 1.82) is 0 Å². The van der Waals surface area contributed by atoms with Crippen LogP contribution < -0.4 is 5.32 Å². The third kappa shape index (κ3) is 2.46. The van der Waals surface area contributed by atoms with Crippen LogP contribution in [0.15, 0.2) is 43.0 Å². The Bertz CT molecular complexity index is 979. The number of hydrogen-bond acceptors (Lipinski definition) is 5. The predicted octanol–water partition coefficient (Wildman–Crippen LogP) is 2.78. The second-order valence-electron chi connectivity index (χ2n) is 5.38. The molecule has 0 aliphatic rings. The average molecular weight is 338 g/mol. The highest BCUT2D eigenvalue weighted by atomic mass is 32.1. The van der Waals surface area contributed by atoms with E-state index in [1.807, 2.05) is 44.3 Å². The van der Waals surface area contributed by atoms with E-state index in [9.17, 15) is 4.79 Å². The minimum atomic E-state index is -0.121. The lowest BCUT2D eigenvalue weighted by Gasteiger charge is -2.05. The van der Waals surface area contributed by atoms with Crippen LogP contribution in [0.1, 0.15) is 15.4 Å². The van der Waals surface area contributed by atoms with E-state index in [-0.39, 0.29) is 5.91 Å². The molecule has 0 spiro atoms. The number of hydrogen-bond donors (Lipinski definition) is 1. The first-order chi connectivity index (χ1) is 11.6. The average Bonchev–Trinajstić information content (AvgIpc) is 3.29. The van der Waals surface area contributed by atoms with Crippen molar-refractivity contribution in [2.75, 3.05) is 5.32 Å². The Morgan fingerprint density at radius 2 is 2.04 bits per heavy atom. The fourth-order valence-electron chi connectivity index (χ4n) is 2.55. The summed E-state index contributed by atoms with van der Waals surface area (Å²) in [6.45, 7) is 1.94. The van der Waals surface area contributed by atoms with Gasteiger partial charge in [-0.1, -0.05) is 0 Å². The summed E-state index contributed by atoms with van der Waals surface area (Å²) in [7, 11) is 1.89. The normalized spacial score (nSPS) is 11.1. The Morgan fingerprint density at radius 1 is 1.25 bits per heavy atom. The topological polar surface area (TPSA) is 77.6 Å². The van der Waals surface area contributed by atoms with Gasteiger partial charge in [-0.25, -0.2) is 9.67 Å². The first-order valence-electron chi connectivity index (χ1n) is 7.31. The maximum atomic E-state index is 12.5. The van der Waals surface area contributed by atoms with Crippen LogP contribution in [-0.4, -0.2) is 30.5 Å². The lowest BCUT2D eigenvalue weighted by molar-refractivity contribution is 0.103. The predicted molar refractivity (Wildman–Crippen MR) is 92.6 cm³/mol. The number of aryl methyl sites for hydroxylation is 2. The van der Waals surface area contributed by atoms with Gasteiger partial charge in [0, 0.05) is 18.1 Å². The number of rotatable bonds is 3. The zero-order chi connectivity index (χ0) is 16.7. The van der Waals surface area contributed by atoms with Gasteiger partial charge >= 0.3 is 0 Å². The molecule has 0 radical (unpaired) electrons. The molecule has 0 saturated carbocycles. The summed E-state index contributed by atoms with van der Waals surface area (Å²) in [5, 5.41) is 12.4. The first-order valence-corrected chi connectivity index (χ1v) is 8.13. The highest BCUT2D eigenvalue weighted by Gasteiger charge is 2.15. The lowest BCUT2D eigenvalue weighted by Crippen LogP contribution is -2.10. The molecule has 0 fully saturated rings. The van der Waals surface area contributed by atoms with E-state index in [2.05, 4.69) is 20.5 Å². The molecule has 1 amide bonds. The standard InChI is InChI=1S/C16H14N6OS/c1-10-13-7-14(24-16(13)21(2)20-10)15(23)19-11-3-5-12(6-4-11)22-9-17-8-18-22/h3-9H,1-2H3,(H,19,23). The molecule has 0 bridgehead atoms. The number of aromatic nitrogens is 5. The smallest absolute Gasteiger partial charge is 0.265 e. The van der Waals surface area contributed by atoms with Gasteiger partial charge in [0.15, 0.2) is 0 Å². The van der Waals surface area contributed by atoms with Crippen LogP contribution in [0.3, 0.4) is 0 Å². The summed E-state index contributed by atoms with van der Waals surface area (Å²) in [5.74, 6) is -0.121. The minimum Gasteiger partial charge on any atom is -0.321 e. The molecule has 120 valence electrons. The number of anilines is 1. The summed E-state index contributed by atoms with van der Waals surface area (Å²) in [5.41, 5.74) is 2.55. The number of fused-ring (bicyclic) bond motifs is 1. The van der Waals surface area contributed by atoms with Gasteiger partial charge < -0.3 is 5.32 Å². The van der Waals surface area contributed by atoms with Crippen molar-refractivity contribution >= 4 is 33.1 Å². The van der Waals surface area contributed by atoms with E-state index in [1.54, 1.807) is 15.7 Å². The molecule has 1 N–H and O–H groups in total. The molecule has 0 unspecified atom stereocenters. The van der Waals surface area contributed by atoms with Crippen molar-refractivity contribution < 1.29 is 4.79 Å². The zero-order valence-electron chi connectivity index (χ0n) is 13.1. The van der Waals surface area contributed by atoms with Crippen molar-refractivity contribution in [1.82, 2.24) is 24.5 Å². The van der Waals surface area contributed by atoms with E-state index in [0.717, 1.165) is 27.3 Å². The Kier molecular flexibility index (Phi) is 3.39. The summed E-state index contributed by atoms with van der Waals surface area (Å²) in [4.78, 5) is 18.0. The van der Waals surface area contributed by atoms with Gasteiger partial charge in [-0.15, -0.1) is 11.3 Å². The van der Waals surface area contributed by atoms with Gasteiger partial charge in [0.1, 0.15) is 17.5 Å². The number of carbonyl (C=O) groups excluding carboxylic acids is 1. The molecule has 3 aromatic heterocycles. The minimum absolute atomic E-state index is 0.121. The van der Waals surface area contributed by atoms with Crippen molar-refractivity contribution in [2.24, 2.45) is 7.05 Å². The van der Waals surface area contributed by atoms with Gasteiger partial charge in [-0.2, -0.15) is 10.2 Å². The summed E-state index contributed by atoms with van der Waals surface area (Å²) in [6.07, 6.45) is 3.11. The SMILES string of the molecule is Cc1nn(C)c2sc(C(=O)Nc3ccc(-n4cncn4)cc3)cc12. The Labute approximate surface area is 141 Å². The Balaban J connectivity index is 1.55. The van der Waals surface area contributed by atoms with Crippen LogP contribution >= 0.6 is 11.3 Å². The zero-order valence-corrected chi connectivity index (χ0v) is 13.9. The highest BCUT2D eigenvalue weighted by Crippen LogP contribution is 2.28. The van der Waals surface area contributed by atoms with E-state index in [1.165, 1.54) is 17.7 Å². The highest BCUT2D eigenvalue weighted by molar-refractivity contribution is 7.20. The van der Waals surface area contributed by atoms with Crippen molar-refractivity contribution in [3.8, 4) is 5.69 Å². The third-order valence-electron chi connectivity index (χ3n) is 3.73. The van der Waals surface area contributed by atoms with Crippen LogP contribution in [0.2, 0.25) is 0 Å². The van der Waals surface area contributed by atoms with E-state index < -0.39 is 0 Å². The molecule has 8 heteroatoms. The Hall–Kier alpha value is -3.00. The number of thiophene rings is 1. The van der Waals surface area contributed by atoms with Gasteiger partial charge in [0.2, 0.25) is 0 Å². The fraction of sp³-hybridized carbons (Fsp3) is 0.125. The van der Waals surface area contributed by atoms with Crippen LogP contribution in [0.4, 0.5) is 5.69 Å². The first kappa shape index (κ1) is 14.6. The van der Waals surface area contributed by atoms with Gasteiger partial charge in [-0.05, 0) is 37.3 Å². The molecule has 3 heterocycles. The number of carbonyl (C=O) groups is 1. The van der Waals surface area contributed by atoms with Gasteiger partial charge in [0.25, 0.3) is 5.91 Å². The Morgan fingerprint density at radius 3 is 2.71 bits per heavy atom. The maximum absolute atomic E-state index is 12.5. The molecular formula is C16H14N6OS. The molecule has 4 aromatic rings. The van der Waals surface area contributed by atoms with Gasteiger partial charge in [-0.3, -0.25) is 9.48 Å². The summed E-state index contributed by atoms with van der Waals surface area (Å²) >= 11 is 1.44. The molecule has 0 atom stereocenters. The summed E-state index contributed by atoms with van der Waals surface area (Å²) < 4.78 is 3.46. The number of amides is 1. The van der Waals surface area contributed by atoms with E-state index in [0.29, 0.717) is 4.88 Å². The van der Waals surface area contributed by atoms with Crippen LogP contribution in [0.5, 0.6) is 0 Å². The van der Waals surface area contributed by atoms with Crippen molar-refractivity contribution in [3.63, 3.8) is 0 Å². The van der Waals surface area contributed by atoms with Crippen molar-refractivity contribution in [2.45, 2.75) is 6.92 Å². The number of benzene rings is 1. The molecule has 7 nitrogen and oxygen atoms in total. The fourth-order valence-corrected chi connectivity index (χ4v) is 3.57. The van der Waals surface area contributed by atoms with Crippen molar-refractivity contribution in [3.05, 3.63) is 53.6 Å². The molecule has 24 heavy (non-hydrogen) atoms. The largest absolute Gasteiger partial charge is 0.321 e. The molecular weight excluding hydrogens is 324 g/mol. The molecule has 4 rings (SSSR count). The maximum Gasteiger partial charge on any atom is 0.265 e. The second-order valence-corrected chi connectivity index (χ2v) is 6.41. The molecule has 0 aliphatic carbocycles.